The molecule has 0 aliphatic heterocycles. The molecule has 1 aromatic heterocycles. The lowest BCUT2D eigenvalue weighted by Gasteiger charge is -1.91. The highest BCUT2D eigenvalue weighted by atomic mass is 19.2. The van der Waals surface area contributed by atoms with Crippen molar-refractivity contribution in [2.75, 3.05) is 0 Å². The van der Waals surface area contributed by atoms with Crippen LogP contribution in [-0.4, -0.2) is 12.1 Å². The van der Waals surface area contributed by atoms with Gasteiger partial charge < -0.3 is 4.42 Å². The summed E-state index contributed by atoms with van der Waals surface area (Å²) in [5.41, 5.74) is 0. The maximum Gasteiger partial charge on any atom is 0.317 e. The molecule has 0 saturated carbocycles. The van der Waals surface area contributed by atoms with Gasteiger partial charge in [-0.3, -0.25) is 9.59 Å². The van der Waals surface area contributed by atoms with Gasteiger partial charge in [-0.2, -0.15) is 13.2 Å². The van der Waals surface area contributed by atoms with Gasteiger partial charge in [-0.1, -0.05) is 0 Å². The van der Waals surface area contributed by atoms with Crippen LogP contribution < -0.4 is 0 Å². The van der Waals surface area contributed by atoms with Gasteiger partial charge in [0.05, 0.1) is 0 Å². The maximum atomic E-state index is 12.7. The summed E-state index contributed by atoms with van der Waals surface area (Å²) in [5.74, 6) is -4.56. The molecule has 0 bridgehead atoms. The largest absolute Gasteiger partial charge is 0.431 e. The number of carbonyl (C=O) groups excluding carboxylic acids is 2. The summed E-state index contributed by atoms with van der Waals surface area (Å²) >= 11 is 0. The zero-order valence-electron chi connectivity index (χ0n) is 6.85. The molecule has 6 heteroatoms. The number of ketones is 1. The predicted octanol–water partition coefficient (Wildman–Crippen LogP) is 1.40. The Labute approximate surface area is 76.5 Å². The molecule has 0 aliphatic rings. The van der Waals surface area contributed by atoms with Crippen molar-refractivity contribution in [1.82, 2.24) is 0 Å². The molecule has 0 radical (unpaired) electrons. The Bertz CT molecular complexity index is 370. The van der Waals surface area contributed by atoms with Gasteiger partial charge in [-0.25, -0.2) is 0 Å². The van der Waals surface area contributed by atoms with Crippen molar-refractivity contribution in [3.8, 4) is 0 Å². The second kappa shape index (κ2) is 4.08. The number of hydrogen-bond donors (Lipinski definition) is 0. The smallest absolute Gasteiger partial charge is 0.317 e. The predicted molar refractivity (Wildman–Crippen MR) is 38.0 cm³/mol. The van der Waals surface area contributed by atoms with E-state index >= 15 is 0 Å². The van der Waals surface area contributed by atoms with Crippen molar-refractivity contribution in [1.29, 1.82) is 0 Å². The van der Waals surface area contributed by atoms with Crippen molar-refractivity contribution in [2.24, 2.45) is 0 Å². The lowest BCUT2D eigenvalue weighted by atomic mass is 10.2. The Hall–Kier alpha value is -1.59. The summed E-state index contributed by atoms with van der Waals surface area (Å²) in [6.45, 7) is 0. The highest BCUT2D eigenvalue weighted by molar-refractivity contribution is 6.24. The van der Waals surface area contributed by atoms with E-state index < -0.39 is 29.2 Å². The Morgan fingerprint density at radius 2 is 1.93 bits per heavy atom. The molecule has 1 rings (SSSR count). The van der Waals surface area contributed by atoms with E-state index in [4.69, 9.17) is 0 Å². The average molecular weight is 206 g/mol. The first-order chi connectivity index (χ1) is 6.56. The van der Waals surface area contributed by atoms with Crippen molar-refractivity contribution in [3.05, 3.63) is 23.4 Å². The molecular formula is C8H5F3O3. The van der Waals surface area contributed by atoms with E-state index in [0.717, 1.165) is 0 Å². The molecule has 0 fully saturated rings. The van der Waals surface area contributed by atoms with E-state index in [2.05, 4.69) is 4.42 Å². The fraction of sp³-hybridized carbons (Fsp3) is 0.250. The number of aldehydes is 1. The molecule has 0 aromatic carbocycles. The van der Waals surface area contributed by atoms with Crippen LogP contribution in [-0.2, 0) is 16.0 Å². The van der Waals surface area contributed by atoms with Crippen LogP contribution in [0.2, 0.25) is 0 Å². The molecule has 0 spiro atoms. The number of halogens is 3. The molecule has 0 unspecified atom stereocenters. The van der Waals surface area contributed by atoms with Gasteiger partial charge >= 0.3 is 6.01 Å². The number of hydrogen-bond acceptors (Lipinski definition) is 3. The van der Waals surface area contributed by atoms with Crippen LogP contribution >= 0.6 is 0 Å². The number of furan rings is 1. The molecule has 14 heavy (non-hydrogen) atoms. The number of carbonyl (C=O) groups is 2. The van der Waals surface area contributed by atoms with E-state index in [9.17, 15) is 22.8 Å². The third kappa shape index (κ3) is 2.01. The van der Waals surface area contributed by atoms with Crippen LogP contribution in [0.25, 0.3) is 0 Å². The fourth-order valence-electron chi connectivity index (χ4n) is 0.863. The maximum absolute atomic E-state index is 12.7. The number of aryl methyl sites for hydroxylation is 1. The Morgan fingerprint density at radius 1 is 1.29 bits per heavy atom. The van der Waals surface area contributed by atoms with Crippen LogP contribution in [0.15, 0.2) is 4.42 Å². The van der Waals surface area contributed by atoms with E-state index in [1.807, 2.05) is 0 Å². The van der Waals surface area contributed by atoms with Gasteiger partial charge in [0.15, 0.2) is 12.1 Å². The van der Waals surface area contributed by atoms with Crippen LogP contribution in [0.3, 0.4) is 0 Å². The minimum atomic E-state index is -1.71. The van der Waals surface area contributed by atoms with Crippen molar-refractivity contribution in [2.45, 2.75) is 12.8 Å². The van der Waals surface area contributed by atoms with E-state index in [0.29, 0.717) is 0 Å². The van der Waals surface area contributed by atoms with Crippen LogP contribution in [0.5, 0.6) is 0 Å². The van der Waals surface area contributed by atoms with E-state index in [-0.39, 0.29) is 19.1 Å². The molecular weight excluding hydrogens is 201 g/mol. The van der Waals surface area contributed by atoms with Gasteiger partial charge in [0.25, 0.3) is 0 Å². The van der Waals surface area contributed by atoms with Crippen molar-refractivity contribution >= 4 is 12.1 Å². The lowest BCUT2D eigenvalue weighted by molar-refractivity contribution is -0.129. The molecule has 0 saturated heterocycles. The monoisotopic (exact) mass is 206 g/mol. The third-order valence-corrected chi connectivity index (χ3v) is 1.55. The Balaban J connectivity index is 2.72. The van der Waals surface area contributed by atoms with Gasteiger partial charge in [0, 0.05) is 12.8 Å². The Morgan fingerprint density at radius 3 is 2.36 bits per heavy atom. The quantitative estimate of drug-likeness (QED) is 0.552. The van der Waals surface area contributed by atoms with Gasteiger partial charge in [-0.05, 0) is 0 Å². The topological polar surface area (TPSA) is 47.3 Å². The summed E-state index contributed by atoms with van der Waals surface area (Å²) in [6.07, 6.45) is -0.634. The summed E-state index contributed by atoms with van der Waals surface area (Å²) < 4.78 is 41.4. The molecule has 1 heterocycles. The molecule has 0 amide bonds. The molecule has 0 N–H and O–H groups in total. The highest BCUT2D eigenvalue weighted by Crippen LogP contribution is 2.19. The first kappa shape index (κ1) is 10.5. The van der Waals surface area contributed by atoms with Gasteiger partial charge in [0.1, 0.15) is 5.76 Å². The van der Waals surface area contributed by atoms with Crippen LogP contribution in [0.1, 0.15) is 12.2 Å². The molecule has 3 nitrogen and oxygen atoms in total. The summed E-state index contributed by atoms with van der Waals surface area (Å²) in [7, 11) is 0. The second-order valence-corrected chi connectivity index (χ2v) is 2.51. The van der Waals surface area contributed by atoms with Gasteiger partial charge in [0.2, 0.25) is 11.6 Å². The third-order valence-electron chi connectivity index (χ3n) is 1.55. The first-order valence-corrected chi connectivity index (χ1v) is 3.66. The summed E-state index contributed by atoms with van der Waals surface area (Å²) in [5, 5.41) is 0. The fourth-order valence-corrected chi connectivity index (χ4v) is 0.863. The standard InChI is InChI=1S/C8H5F3O3/c9-6-5(2-1-4(13)3-12)14-8(11)7(6)10/h3H,1-2H2. The van der Waals surface area contributed by atoms with Crippen molar-refractivity contribution in [3.63, 3.8) is 0 Å². The minimum absolute atomic E-state index is 0.0492. The zero-order chi connectivity index (χ0) is 10.7. The summed E-state index contributed by atoms with van der Waals surface area (Å²) in [4.78, 5) is 20.3. The molecule has 0 atom stereocenters. The van der Waals surface area contributed by atoms with Crippen LogP contribution in [0.4, 0.5) is 13.2 Å². The molecule has 1 aromatic rings. The van der Waals surface area contributed by atoms with Gasteiger partial charge in [-0.15, -0.1) is 0 Å². The average Bonchev–Trinajstić information content (AvgIpc) is 2.42. The number of Topliss-reactive ketones (excluding diaryl/α,β-unsaturated/α-hetero) is 1. The number of rotatable bonds is 4. The highest BCUT2D eigenvalue weighted by Gasteiger charge is 2.20. The normalized spacial score (nSPS) is 10.2. The summed E-state index contributed by atoms with van der Waals surface area (Å²) in [6, 6.07) is -1.66. The lowest BCUT2D eigenvalue weighted by Crippen LogP contribution is -2.01. The SMILES string of the molecule is O=CC(=O)CCc1oc(F)c(F)c1F. The Kier molecular flexibility index (Phi) is 3.06. The second-order valence-electron chi connectivity index (χ2n) is 2.51. The van der Waals surface area contributed by atoms with E-state index in [1.165, 1.54) is 0 Å². The molecule has 76 valence electrons. The van der Waals surface area contributed by atoms with Crippen molar-refractivity contribution < 1.29 is 27.2 Å². The first-order valence-electron chi connectivity index (χ1n) is 3.66. The minimum Gasteiger partial charge on any atom is -0.431 e. The van der Waals surface area contributed by atoms with Crippen LogP contribution in [0, 0.1) is 17.6 Å². The zero-order valence-corrected chi connectivity index (χ0v) is 6.85. The van der Waals surface area contributed by atoms with E-state index in [1.54, 1.807) is 0 Å². The molecule has 0 aliphatic carbocycles.